The van der Waals surface area contributed by atoms with E-state index in [4.69, 9.17) is 18.9 Å². The van der Waals surface area contributed by atoms with E-state index in [0.29, 0.717) is 52.7 Å². The zero-order valence-corrected chi connectivity index (χ0v) is 22.8. The topological polar surface area (TPSA) is 160 Å². The van der Waals surface area contributed by atoms with Crippen LogP contribution in [-0.4, -0.2) is 62.1 Å². The SMILES string of the molecule is C=CCc1cc(/C=N\N[C@H](O)COc2ccc([C@@H]3NC(=O)NC(C)=C3C(=O)OC)cc2OCC)cc(OC)c1O. The molecule has 2 aromatic rings. The van der Waals surface area contributed by atoms with Crippen molar-refractivity contribution in [1.82, 2.24) is 16.1 Å². The van der Waals surface area contributed by atoms with E-state index in [1.165, 1.54) is 20.4 Å². The molecule has 0 aliphatic carbocycles. The van der Waals surface area contributed by atoms with Crippen molar-refractivity contribution in [2.24, 2.45) is 5.10 Å². The van der Waals surface area contributed by atoms with Crippen molar-refractivity contribution in [2.45, 2.75) is 32.5 Å². The molecule has 5 N–H and O–H groups in total. The highest BCUT2D eigenvalue weighted by atomic mass is 16.5. The van der Waals surface area contributed by atoms with Crippen LogP contribution in [0.25, 0.3) is 0 Å². The number of allylic oxidation sites excluding steroid dienone is 2. The summed E-state index contributed by atoms with van der Waals surface area (Å²) in [7, 11) is 2.72. The molecule has 0 unspecified atom stereocenters. The first-order valence-corrected chi connectivity index (χ1v) is 12.5. The molecule has 0 aromatic heterocycles. The summed E-state index contributed by atoms with van der Waals surface area (Å²) >= 11 is 0. The number of hydrogen-bond acceptors (Lipinski definition) is 10. The summed E-state index contributed by atoms with van der Waals surface area (Å²) in [5, 5.41) is 29.9. The number of carbonyl (C=O) groups is 2. The van der Waals surface area contributed by atoms with Crippen LogP contribution >= 0.6 is 0 Å². The minimum absolute atomic E-state index is 0.0345. The molecule has 2 aromatic carbocycles. The van der Waals surface area contributed by atoms with E-state index in [0.717, 1.165) is 0 Å². The van der Waals surface area contributed by atoms with Crippen molar-refractivity contribution in [3.05, 3.63) is 70.9 Å². The Kier molecular flexibility index (Phi) is 10.4. The lowest BCUT2D eigenvalue weighted by Crippen LogP contribution is -2.45. The number of aliphatic hydroxyl groups is 1. The van der Waals surface area contributed by atoms with Crippen LogP contribution in [0.5, 0.6) is 23.0 Å². The number of carbonyl (C=O) groups excluding carboxylic acids is 2. The first kappa shape index (κ1) is 29.8. The highest BCUT2D eigenvalue weighted by Gasteiger charge is 2.32. The lowest BCUT2D eigenvalue weighted by molar-refractivity contribution is -0.136. The van der Waals surface area contributed by atoms with Crippen molar-refractivity contribution < 1.29 is 38.7 Å². The minimum Gasteiger partial charge on any atom is -0.504 e. The van der Waals surface area contributed by atoms with Gasteiger partial charge in [0.25, 0.3) is 0 Å². The van der Waals surface area contributed by atoms with Crippen LogP contribution in [0, 0.1) is 0 Å². The number of urea groups is 1. The Morgan fingerprint density at radius 2 is 1.98 bits per heavy atom. The number of ether oxygens (including phenoxy) is 4. The molecule has 3 rings (SSSR count). The molecule has 0 radical (unpaired) electrons. The van der Waals surface area contributed by atoms with Gasteiger partial charge < -0.3 is 39.8 Å². The summed E-state index contributed by atoms with van der Waals surface area (Å²) in [6, 6.07) is 7.09. The van der Waals surface area contributed by atoms with E-state index in [1.54, 1.807) is 50.3 Å². The van der Waals surface area contributed by atoms with Crippen LogP contribution in [0.15, 0.2) is 59.4 Å². The summed E-state index contributed by atoms with van der Waals surface area (Å²) in [5.41, 5.74) is 5.07. The van der Waals surface area contributed by atoms with Gasteiger partial charge in [0.1, 0.15) is 6.61 Å². The second kappa shape index (κ2) is 13.9. The normalized spacial score (nSPS) is 15.6. The summed E-state index contributed by atoms with van der Waals surface area (Å²) in [6.07, 6.45) is 2.41. The average molecular weight is 555 g/mol. The largest absolute Gasteiger partial charge is 0.504 e. The van der Waals surface area contributed by atoms with Gasteiger partial charge in [0.05, 0.1) is 38.7 Å². The summed E-state index contributed by atoms with van der Waals surface area (Å²) in [5.74, 6) is 0.452. The lowest BCUT2D eigenvalue weighted by Gasteiger charge is -2.28. The van der Waals surface area contributed by atoms with Crippen LogP contribution in [0.4, 0.5) is 4.79 Å². The number of hydrogen-bond donors (Lipinski definition) is 5. The van der Waals surface area contributed by atoms with Gasteiger partial charge >= 0.3 is 12.0 Å². The molecule has 1 aliphatic heterocycles. The van der Waals surface area contributed by atoms with Gasteiger partial charge in [-0.15, -0.1) is 6.58 Å². The number of nitrogens with one attached hydrogen (secondary N) is 3. The second-order valence-corrected chi connectivity index (χ2v) is 8.64. The number of hydrazone groups is 1. The molecule has 0 spiro atoms. The number of esters is 1. The molecular weight excluding hydrogens is 520 g/mol. The third-order valence-electron chi connectivity index (χ3n) is 5.87. The number of phenols is 1. The Bertz CT molecular complexity index is 1310. The third kappa shape index (κ3) is 7.23. The molecule has 0 bridgehead atoms. The van der Waals surface area contributed by atoms with E-state index in [1.807, 2.05) is 0 Å². The van der Waals surface area contributed by atoms with E-state index >= 15 is 0 Å². The van der Waals surface area contributed by atoms with Gasteiger partial charge in [-0.25, -0.2) is 9.59 Å². The van der Waals surface area contributed by atoms with Crippen LogP contribution in [0.2, 0.25) is 0 Å². The number of methoxy groups -OCH3 is 2. The smallest absolute Gasteiger partial charge is 0.337 e. The van der Waals surface area contributed by atoms with Gasteiger partial charge in [-0.3, -0.25) is 5.43 Å². The predicted octanol–water partition coefficient (Wildman–Crippen LogP) is 2.65. The molecule has 1 aliphatic rings. The number of phenolic OH excluding ortho intramolecular Hbond substituents is 1. The molecule has 12 nitrogen and oxygen atoms in total. The standard InChI is InChI=1S/C28H34N4O8/c1-6-8-19-11-17(12-22(37-4)26(19)34)14-29-32-23(33)15-40-20-10-9-18(13-21(20)39-7-2)25-24(27(35)38-5)16(3)30-28(36)31-25/h6,9-14,23,25,32-34H,1,7-8,15H2,2-5H3,(H2,30,31,36)/b29-14-/t23-,25+/m1/s1. The zero-order chi connectivity index (χ0) is 29.2. The van der Waals surface area contributed by atoms with Crippen LogP contribution in [0.3, 0.4) is 0 Å². The number of amides is 2. The number of aromatic hydroxyl groups is 1. The molecular formula is C28H34N4O8. The predicted molar refractivity (Wildman–Crippen MR) is 148 cm³/mol. The van der Waals surface area contributed by atoms with Gasteiger partial charge in [-0.2, -0.15) is 5.10 Å². The Morgan fingerprint density at radius 1 is 1.20 bits per heavy atom. The van der Waals surface area contributed by atoms with Crippen LogP contribution in [0.1, 0.15) is 36.6 Å². The highest BCUT2D eigenvalue weighted by Crippen LogP contribution is 2.35. The van der Waals surface area contributed by atoms with Gasteiger partial charge in [-0.05, 0) is 55.7 Å². The first-order chi connectivity index (χ1) is 19.2. The molecule has 214 valence electrons. The van der Waals surface area contributed by atoms with E-state index in [9.17, 15) is 19.8 Å². The maximum Gasteiger partial charge on any atom is 0.337 e. The summed E-state index contributed by atoms with van der Waals surface area (Å²) < 4.78 is 21.6. The fourth-order valence-corrected chi connectivity index (χ4v) is 4.05. The first-order valence-electron chi connectivity index (χ1n) is 12.5. The Labute approximate surface area is 232 Å². The van der Waals surface area contributed by atoms with Crippen molar-refractivity contribution >= 4 is 18.2 Å². The zero-order valence-electron chi connectivity index (χ0n) is 22.8. The molecule has 0 saturated heterocycles. The maximum absolute atomic E-state index is 12.4. The van der Waals surface area contributed by atoms with Crippen LogP contribution in [-0.2, 0) is 16.0 Å². The molecule has 0 saturated carbocycles. The molecule has 2 amide bonds. The summed E-state index contributed by atoms with van der Waals surface area (Å²) in [4.78, 5) is 24.5. The Morgan fingerprint density at radius 3 is 2.65 bits per heavy atom. The number of nitrogens with zero attached hydrogens (tertiary/aromatic N) is 1. The quantitative estimate of drug-likeness (QED) is 0.0824. The van der Waals surface area contributed by atoms with Crippen molar-refractivity contribution in [2.75, 3.05) is 27.4 Å². The molecule has 0 fully saturated rings. The molecule has 2 atom stereocenters. The summed E-state index contributed by atoms with van der Waals surface area (Å²) in [6.45, 7) is 7.26. The fraction of sp³-hybridized carbons (Fsp3) is 0.321. The van der Waals surface area contributed by atoms with Gasteiger partial charge in [0.2, 0.25) is 0 Å². The van der Waals surface area contributed by atoms with Crippen LogP contribution < -0.4 is 30.3 Å². The van der Waals surface area contributed by atoms with Crippen molar-refractivity contribution in [3.8, 4) is 23.0 Å². The van der Waals surface area contributed by atoms with E-state index in [2.05, 4.69) is 27.7 Å². The van der Waals surface area contributed by atoms with E-state index < -0.39 is 24.3 Å². The molecule has 12 heteroatoms. The molecule has 1 heterocycles. The lowest BCUT2D eigenvalue weighted by atomic mass is 9.95. The minimum atomic E-state index is -1.17. The fourth-order valence-electron chi connectivity index (χ4n) is 4.05. The monoisotopic (exact) mass is 554 g/mol. The van der Waals surface area contributed by atoms with E-state index in [-0.39, 0.29) is 17.9 Å². The second-order valence-electron chi connectivity index (χ2n) is 8.64. The van der Waals surface area contributed by atoms with Crippen molar-refractivity contribution in [1.29, 1.82) is 0 Å². The number of rotatable bonds is 13. The maximum atomic E-state index is 12.4. The number of aliphatic hydroxyl groups excluding tert-OH is 1. The van der Waals surface area contributed by atoms with Crippen molar-refractivity contribution in [3.63, 3.8) is 0 Å². The van der Waals surface area contributed by atoms with Gasteiger partial charge in [0, 0.05) is 11.3 Å². The average Bonchev–Trinajstić information content (AvgIpc) is 2.93. The Balaban J connectivity index is 1.71. The van der Waals surface area contributed by atoms with Gasteiger partial charge in [-0.1, -0.05) is 12.1 Å². The number of benzene rings is 2. The Hall–Kier alpha value is -4.71. The molecule has 40 heavy (non-hydrogen) atoms. The third-order valence-corrected chi connectivity index (χ3v) is 5.87. The van der Waals surface area contributed by atoms with Gasteiger partial charge in [0.15, 0.2) is 29.2 Å². The highest BCUT2D eigenvalue weighted by molar-refractivity contribution is 5.95.